The number of imidazole rings is 1. The monoisotopic (exact) mass is 272 g/mol. The molecule has 0 saturated carbocycles. The molecule has 1 atom stereocenters. The van der Waals surface area contributed by atoms with Crippen LogP contribution in [-0.4, -0.2) is 15.3 Å². The van der Waals surface area contributed by atoms with Gasteiger partial charge < -0.3 is 4.98 Å². The van der Waals surface area contributed by atoms with Crippen molar-refractivity contribution in [2.75, 3.05) is 0 Å². The first-order chi connectivity index (χ1) is 8.16. The molecule has 0 radical (unpaired) electrons. The Morgan fingerprint density at radius 2 is 2.18 bits per heavy atom. The van der Waals surface area contributed by atoms with E-state index in [2.05, 4.69) is 9.97 Å². The number of hydrogen-bond donors (Lipinski definition) is 1. The molecule has 0 amide bonds. The smallest absolute Gasteiger partial charge is 0.127 e. The van der Waals surface area contributed by atoms with Gasteiger partial charge in [0.05, 0.1) is 0 Å². The lowest BCUT2D eigenvalue weighted by Crippen LogP contribution is -2.10. The van der Waals surface area contributed by atoms with Crippen LogP contribution < -0.4 is 0 Å². The number of benzene rings is 1. The molecule has 1 aromatic heterocycles. The van der Waals surface area contributed by atoms with Crippen LogP contribution >= 0.6 is 23.2 Å². The summed E-state index contributed by atoms with van der Waals surface area (Å²) in [5, 5.41) is 0.172. The predicted molar refractivity (Wildman–Crippen MR) is 67.0 cm³/mol. The minimum Gasteiger partial charge on any atom is -0.349 e. The van der Waals surface area contributed by atoms with E-state index < -0.39 is 0 Å². The standard InChI is InChI=1S/C12H11Cl2FN2/c13-8(7-12-16-4-5-17-12)6-9-10(14)2-1-3-11(9)15/h1-5,8H,6-7H2,(H,16,17). The molecule has 0 aliphatic heterocycles. The van der Waals surface area contributed by atoms with Gasteiger partial charge in [-0.3, -0.25) is 0 Å². The molecule has 1 N–H and O–H groups in total. The summed E-state index contributed by atoms with van der Waals surface area (Å²) < 4.78 is 13.5. The molecule has 0 fully saturated rings. The molecule has 2 aromatic rings. The van der Waals surface area contributed by atoms with Gasteiger partial charge in [-0.2, -0.15) is 0 Å². The summed E-state index contributed by atoms with van der Waals surface area (Å²) in [6.07, 6.45) is 4.33. The van der Waals surface area contributed by atoms with Gasteiger partial charge in [-0.05, 0) is 18.6 Å². The third-order valence-electron chi connectivity index (χ3n) is 2.46. The lowest BCUT2D eigenvalue weighted by Gasteiger charge is -2.10. The van der Waals surface area contributed by atoms with Crippen LogP contribution in [-0.2, 0) is 12.8 Å². The molecule has 5 heteroatoms. The molecule has 2 nitrogen and oxygen atoms in total. The fraction of sp³-hybridized carbons (Fsp3) is 0.250. The molecule has 90 valence electrons. The number of rotatable bonds is 4. The first-order valence-corrected chi connectivity index (χ1v) is 6.03. The van der Waals surface area contributed by atoms with Gasteiger partial charge in [0, 0.05) is 34.8 Å². The number of halogens is 3. The van der Waals surface area contributed by atoms with Gasteiger partial charge in [-0.1, -0.05) is 17.7 Å². The van der Waals surface area contributed by atoms with Crippen LogP contribution in [0.2, 0.25) is 5.02 Å². The number of nitrogens with zero attached hydrogens (tertiary/aromatic N) is 1. The molecule has 0 aliphatic carbocycles. The van der Waals surface area contributed by atoms with Gasteiger partial charge >= 0.3 is 0 Å². The van der Waals surface area contributed by atoms with Crippen LogP contribution in [0.5, 0.6) is 0 Å². The maximum atomic E-state index is 13.5. The Balaban J connectivity index is 2.05. The molecule has 0 saturated heterocycles. The van der Waals surface area contributed by atoms with Gasteiger partial charge in [0.25, 0.3) is 0 Å². The highest BCUT2D eigenvalue weighted by molar-refractivity contribution is 6.31. The zero-order valence-electron chi connectivity index (χ0n) is 8.96. The lowest BCUT2D eigenvalue weighted by molar-refractivity contribution is 0.604. The van der Waals surface area contributed by atoms with E-state index in [1.54, 1.807) is 24.5 Å². The number of nitrogens with one attached hydrogen (secondary N) is 1. The average Bonchev–Trinajstić information content (AvgIpc) is 2.76. The van der Waals surface area contributed by atoms with Crippen molar-refractivity contribution in [3.63, 3.8) is 0 Å². The van der Waals surface area contributed by atoms with Gasteiger partial charge in [0.15, 0.2) is 0 Å². The van der Waals surface area contributed by atoms with E-state index in [9.17, 15) is 4.39 Å². The SMILES string of the molecule is Fc1cccc(Cl)c1CC(Cl)Cc1ncc[nH]1. The topological polar surface area (TPSA) is 28.7 Å². The van der Waals surface area contributed by atoms with E-state index in [4.69, 9.17) is 23.2 Å². The summed E-state index contributed by atoms with van der Waals surface area (Å²) in [5.41, 5.74) is 0.459. The quantitative estimate of drug-likeness (QED) is 0.847. The van der Waals surface area contributed by atoms with Crippen LogP contribution in [0.4, 0.5) is 4.39 Å². The summed E-state index contributed by atoms with van der Waals surface area (Å²) in [5.74, 6) is 0.472. The van der Waals surface area contributed by atoms with Crippen LogP contribution in [0.25, 0.3) is 0 Å². The Labute approximate surface area is 109 Å². The minimum atomic E-state index is -0.317. The minimum absolute atomic E-state index is 0.240. The fourth-order valence-corrected chi connectivity index (χ4v) is 2.18. The van der Waals surface area contributed by atoms with E-state index in [-0.39, 0.29) is 11.2 Å². The maximum Gasteiger partial charge on any atom is 0.127 e. The number of H-pyrrole nitrogens is 1. The van der Waals surface area contributed by atoms with Crippen molar-refractivity contribution in [2.24, 2.45) is 0 Å². The zero-order chi connectivity index (χ0) is 12.3. The van der Waals surface area contributed by atoms with Crippen molar-refractivity contribution in [3.8, 4) is 0 Å². The zero-order valence-corrected chi connectivity index (χ0v) is 10.5. The Bertz CT molecular complexity index is 465. The Hall–Kier alpha value is -1.06. The van der Waals surface area contributed by atoms with E-state index >= 15 is 0 Å². The van der Waals surface area contributed by atoms with Crippen LogP contribution in [0, 0.1) is 5.82 Å². The summed E-state index contributed by atoms with van der Waals surface area (Å²) in [7, 11) is 0. The van der Waals surface area contributed by atoms with E-state index in [1.165, 1.54) is 6.07 Å². The highest BCUT2D eigenvalue weighted by atomic mass is 35.5. The average molecular weight is 273 g/mol. The second-order valence-electron chi connectivity index (χ2n) is 3.74. The normalized spacial score (nSPS) is 12.6. The molecule has 0 spiro atoms. The van der Waals surface area contributed by atoms with Crippen molar-refractivity contribution >= 4 is 23.2 Å². The second kappa shape index (κ2) is 5.52. The summed E-state index contributed by atoms with van der Waals surface area (Å²) in [6, 6.07) is 4.63. The van der Waals surface area contributed by atoms with E-state index in [0.717, 1.165) is 5.82 Å². The summed E-state index contributed by atoms with van der Waals surface area (Å²) in [4.78, 5) is 7.04. The number of aromatic nitrogens is 2. The molecule has 0 bridgehead atoms. The predicted octanol–water partition coefficient (Wildman–Crippen LogP) is 3.59. The van der Waals surface area contributed by atoms with Crippen LogP contribution in [0.3, 0.4) is 0 Å². The largest absolute Gasteiger partial charge is 0.349 e. The Kier molecular flexibility index (Phi) is 4.02. The number of hydrogen-bond acceptors (Lipinski definition) is 1. The molecule has 1 aromatic carbocycles. The van der Waals surface area contributed by atoms with Crippen molar-refractivity contribution in [3.05, 3.63) is 52.8 Å². The van der Waals surface area contributed by atoms with Gasteiger partial charge in [-0.25, -0.2) is 9.37 Å². The van der Waals surface area contributed by atoms with E-state index in [0.29, 0.717) is 23.4 Å². The fourth-order valence-electron chi connectivity index (χ4n) is 1.64. The van der Waals surface area contributed by atoms with Crippen molar-refractivity contribution < 1.29 is 4.39 Å². The molecule has 0 aliphatic rings. The first kappa shape index (κ1) is 12.4. The molecule has 17 heavy (non-hydrogen) atoms. The Morgan fingerprint density at radius 3 is 2.82 bits per heavy atom. The number of alkyl halides is 1. The molecule has 1 unspecified atom stereocenters. The third kappa shape index (κ3) is 3.20. The van der Waals surface area contributed by atoms with Gasteiger partial charge in [-0.15, -0.1) is 11.6 Å². The Morgan fingerprint density at radius 1 is 1.35 bits per heavy atom. The maximum absolute atomic E-state index is 13.5. The second-order valence-corrected chi connectivity index (χ2v) is 4.77. The van der Waals surface area contributed by atoms with Gasteiger partial charge in [0.1, 0.15) is 11.6 Å². The molecule has 2 rings (SSSR count). The van der Waals surface area contributed by atoms with Crippen molar-refractivity contribution in [2.45, 2.75) is 18.2 Å². The highest BCUT2D eigenvalue weighted by Gasteiger charge is 2.14. The molecular formula is C12H11Cl2FN2. The third-order valence-corrected chi connectivity index (χ3v) is 3.12. The molecule has 1 heterocycles. The molecular weight excluding hydrogens is 262 g/mol. The first-order valence-electron chi connectivity index (χ1n) is 5.22. The van der Waals surface area contributed by atoms with Crippen LogP contribution in [0.1, 0.15) is 11.4 Å². The highest BCUT2D eigenvalue weighted by Crippen LogP contribution is 2.22. The lowest BCUT2D eigenvalue weighted by atomic mass is 10.1. The van der Waals surface area contributed by atoms with Gasteiger partial charge in [0.2, 0.25) is 0 Å². The number of aromatic amines is 1. The summed E-state index contributed by atoms with van der Waals surface area (Å²) in [6.45, 7) is 0. The van der Waals surface area contributed by atoms with Crippen molar-refractivity contribution in [1.29, 1.82) is 0 Å². The van der Waals surface area contributed by atoms with E-state index in [1.807, 2.05) is 0 Å². The summed E-state index contributed by atoms with van der Waals surface area (Å²) >= 11 is 12.1. The van der Waals surface area contributed by atoms with Crippen molar-refractivity contribution in [1.82, 2.24) is 9.97 Å². The van der Waals surface area contributed by atoms with Crippen LogP contribution in [0.15, 0.2) is 30.6 Å².